The Bertz CT molecular complexity index is 1170. The van der Waals surface area contributed by atoms with Gasteiger partial charge in [-0.3, -0.25) is 4.79 Å². The second-order valence-electron chi connectivity index (χ2n) is 10.3. The maximum Gasteiger partial charge on any atom is 0.269 e. The lowest BCUT2D eigenvalue weighted by atomic mass is 9.94. The van der Waals surface area contributed by atoms with Crippen LogP contribution in [-0.2, 0) is 22.3 Å². The molecule has 2 heterocycles. The summed E-state index contributed by atoms with van der Waals surface area (Å²) in [5.41, 5.74) is 6.36. The Morgan fingerprint density at radius 1 is 1.28 bits per heavy atom. The first-order chi connectivity index (χ1) is 17.2. The standard InChI is InChI=1S/C28H37N3O4S/c1-28(2,3)36(34)31-18-22-17-23(27(33)29-13-15-35-4)30-26(25(22)24(31)12-14-32)21-11-7-10-20(16-21)19-8-5-6-9-19/h7-8,10-11,16-17,24,32H,5-6,9,12-15,18H2,1-4H3,(H,29,33)/t24-,36-/m0/s1. The molecule has 1 aliphatic carbocycles. The number of carbonyl (C=O) groups is 1. The van der Waals surface area contributed by atoms with E-state index in [1.54, 1.807) is 7.11 Å². The van der Waals surface area contributed by atoms with Gasteiger partial charge in [-0.05, 0) is 75.3 Å². The van der Waals surface area contributed by atoms with Crippen molar-refractivity contribution in [3.05, 3.63) is 58.8 Å². The van der Waals surface area contributed by atoms with E-state index < -0.39 is 15.7 Å². The number of allylic oxidation sites excluding steroid dienone is 2. The summed E-state index contributed by atoms with van der Waals surface area (Å²) in [6.45, 7) is 7.06. The number of aliphatic hydroxyl groups is 1. The lowest BCUT2D eigenvalue weighted by molar-refractivity contribution is 0.0932. The predicted octanol–water partition coefficient (Wildman–Crippen LogP) is 4.39. The number of nitrogens with zero attached hydrogens (tertiary/aromatic N) is 2. The van der Waals surface area contributed by atoms with E-state index in [2.05, 4.69) is 23.5 Å². The highest BCUT2D eigenvalue weighted by atomic mass is 32.2. The molecular formula is C28H37N3O4S. The van der Waals surface area contributed by atoms with E-state index in [-0.39, 0.29) is 18.6 Å². The van der Waals surface area contributed by atoms with Gasteiger partial charge >= 0.3 is 0 Å². The topological polar surface area (TPSA) is 91.8 Å². The summed E-state index contributed by atoms with van der Waals surface area (Å²) in [6, 6.07) is 9.87. The van der Waals surface area contributed by atoms with Gasteiger partial charge in [0.15, 0.2) is 0 Å². The molecule has 1 aliphatic heterocycles. The Balaban J connectivity index is 1.83. The highest BCUT2D eigenvalue weighted by Crippen LogP contribution is 2.44. The molecule has 194 valence electrons. The van der Waals surface area contributed by atoms with Gasteiger partial charge in [0.25, 0.3) is 5.91 Å². The number of hydrogen-bond acceptors (Lipinski definition) is 5. The Morgan fingerprint density at radius 3 is 2.72 bits per heavy atom. The molecule has 2 atom stereocenters. The van der Waals surface area contributed by atoms with Crippen LogP contribution in [0, 0.1) is 0 Å². The van der Waals surface area contributed by atoms with Crippen LogP contribution in [0.15, 0.2) is 36.4 Å². The number of ether oxygens (including phenoxy) is 1. The molecule has 2 aliphatic rings. The molecule has 0 bridgehead atoms. The molecule has 4 rings (SSSR count). The molecule has 8 heteroatoms. The van der Waals surface area contributed by atoms with Crippen LogP contribution in [0.4, 0.5) is 0 Å². The highest BCUT2D eigenvalue weighted by molar-refractivity contribution is 7.84. The van der Waals surface area contributed by atoms with Crippen LogP contribution >= 0.6 is 0 Å². The van der Waals surface area contributed by atoms with Crippen LogP contribution < -0.4 is 5.32 Å². The molecule has 7 nitrogen and oxygen atoms in total. The van der Waals surface area contributed by atoms with E-state index in [0.717, 1.165) is 41.6 Å². The van der Waals surface area contributed by atoms with Crippen molar-refractivity contribution < 1.29 is 18.8 Å². The molecule has 0 radical (unpaired) electrons. The molecule has 36 heavy (non-hydrogen) atoms. The molecule has 1 aromatic heterocycles. The summed E-state index contributed by atoms with van der Waals surface area (Å²) in [6.07, 6.45) is 6.04. The van der Waals surface area contributed by atoms with Crippen molar-refractivity contribution in [2.24, 2.45) is 0 Å². The van der Waals surface area contributed by atoms with Crippen molar-refractivity contribution in [3.8, 4) is 11.3 Å². The number of amides is 1. The fourth-order valence-corrected chi connectivity index (χ4v) is 6.36. The number of benzene rings is 1. The molecule has 0 unspecified atom stereocenters. The first kappa shape index (κ1) is 26.7. The lowest BCUT2D eigenvalue weighted by Crippen LogP contribution is -2.36. The van der Waals surface area contributed by atoms with Crippen LogP contribution in [0.3, 0.4) is 0 Å². The number of pyridine rings is 1. The van der Waals surface area contributed by atoms with Crippen LogP contribution in [-0.4, -0.2) is 56.1 Å². The Labute approximate surface area is 216 Å². The minimum absolute atomic E-state index is 0.0342. The highest BCUT2D eigenvalue weighted by Gasteiger charge is 2.40. The van der Waals surface area contributed by atoms with Gasteiger partial charge in [-0.25, -0.2) is 13.5 Å². The van der Waals surface area contributed by atoms with Crippen LogP contribution in [0.1, 0.15) is 79.7 Å². The Hall–Kier alpha value is -2.39. The quantitative estimate of drug-likeness (QED) is 0.487. The number of methoxy groups -OCH3 is 1. The van der Waals surface area contributed by atoms with Gasteiger partial charge in [-0.2, -0.15) is 0 Å². The monoisotopic (exact) mass is 511 g/mol. The average Bonchev–Trinajstić information content (AvgIpc) is 3.52. The third kappa shape index (κ3) is 5.62. The molecular weight excluding hydrogens is 474 g/mol. The van der Waals surface area contributed by atoms with Crippen LogP contribution in [0.2, 0.25) is 0 Å². The van der Waals surface area contributed by atoms with Gasteiger partial charge < -0.3 is 15.2 Å². The van der Waals surface area contributed by atoms with E-state index in [1.807, 2.05) is 43.3 Å². The first-order valence-electron chi connectivity index (χ1n) is 12.6. The Kier molecular flexibility index (Phi) is 8.40. The fraction of sp³-hybridized carbons (Fsp3) is 0.500. The molecule has 0 saturated carbocycles. The summed E-state index contributed by atoms with van der Waals surface area (Å²) in [5, 5.41) is 12.8. The van der Waals surface area contributed by atoms with Gasteiger partial charge in [0.05, 0.1) is 23.1 Å². The van der Waals surface area contributed by atoms with Crippen LogP contribution in [0.25, 0.3) is 16.8 Å². The van der Waals surface area contributed by atoms with Gasteiger partial charge in [0, 0.05) is 37.9 Å². The predicted molar refractivity (Wildman–Crippen MR) is 144 cm³/mol. The number of fused-ring (bicyclic) bond motifs is 1. The minimum atomic E-state index is -1.30. The van der Waals surface area contributed by atoms with Crippen molar-refractivity contribution in [2.45, 2.75) is 63.8 Å². The maximum absolute atomic E-state index is 13.5. The number of rotatable bonds is 9. The zero-order valence-electron chi connectivity index (χ0n) is 21.7. The van der Waals surface area contributed by atoms with E-state index in [9.17, 15) is 14.1 Å². The van der Waals surface area contributed by atoms with Gasteiger partial charge in [-0.15, -0.1) is 0 Å². The minimum Gasteiger partial charge on any atom is -0.396 e. The maximum atomic E-state index is 13.5. The van der Waals surface area contributed by atoms with Crippen LogP contribution in [0.5, 0.6) is 0 Å². The van der Waals surface area contributed by atoms with Crippen molar-refractivity contribution in [2.75, 3.05) is 26.9 Å². The van der Waals surface area contributed by atoms with Crippen molar-refractivity contribution in [1.82, 2.24) is 14.6 Å². The zero-order chi connectivity index (χ0) is 25.9. The fourth-order valence-electron chi connectivity index (χ4n) is 4.96. The summed E-state index contributed by atoms with van der Waals surface area (Å²) in [5.74, 6) is -0.264. The number of aromatic nitrogens is 1. The smallest absolute Gasteiger partial charge is 0.269 e. The second-order valence-corrected chi connectivity index (χ2v) is 12.5. The number of aliphatic hydroxyl groups excluding tert-OH is 1. The van der Waals surface area contributed by atoms with Gasteiger partial charge in [-0.1, -0.05) is 24.3 Å². The summed E-state index contributed by atoms with van der Waals surface area (Å²) < 4.78 is 20.1. The third-order valence-corrected chi connectivity index (χ3v) is 8.52. The molecule has 1 aromatic carbocycles. The third-order valence-electron chi connectivity index (χ3n) is 6.66. The van der Waals surface area contributed by atoms with Crippen molar-refractivity contribution >= 4 is 22.5 Å². The lowest BCUT2D eigenvalue weighted by Gasteiger charge is -2.30. The summed E-state index contributed by atoms with van der Waals surface area (Å²) >= 11 is 0. The Morgan fingerprint density at radius 2 is 2.06 bits per heavy atom. The summed E-state index contributed by atoms with van der Waals surface area (Å²) in [7, 11) is 0.297. The largest absolute Gasteiger partial charge is 0.396 e. The summed E-state index contributed by atoms with van der Waals surface area (Å²) in [4.78, 5) is 17.9. The molecule has 2 N–H and O–H groups in total. The van der Waals surface area contributed by atoms with E-state index in [0.29, 0.717) is 31.8 Å². The zero-order valence-corrected chi connectivity index (χ0v) is 22.5. The number of carbonyl (C=O) groups excluding carboxylic acids is 1. The van der Waals surface area contributed by atoms with Gasteiger partial charge in [0.1, 0.15) is 16.7 Å². The van der Waals surface area contributed by atoms with Crippen molar-refractivity contribution in [1.29, 1.82) is 0 Å². The number of nitrogens with one attached hydrogen (secondary N) is 1. The normalized spacial score (nSPS) is 18.7. The second kappa shape index (κ2) is 11.3. The van der Waals surface area contributed by atoms with E-state index >= 15 is 0 Å². The first-order valence-corrected chi connectivity index (χ1v) is 13.8. The molecule has 0 spiro atoms. The van der Waals surface area contributed by atoms with E-state index in [4.69, 9.17) is 9.72 Å². The molecule has 0 fully saturated rings. The number of hydrogen-bond donors (Lipinski definition) is 2. The molecule has 2 aromatic rings. The van der Waals surface area contributed by atoms with Gasteiger partial charge in [0.2, 0.25) is 0 Å². The van der Waals surface area contributed by atoms with E-state index in [1.165, 1.54) is 11.1 Å². The average molecular weight is 512 g/mol. The SMILES string of the molecule is COCCNC(=O)c1cc2c(c(-c3cccc(C4=CCCC4)c3)n1)[C@H](CCO)N([S@@](=O)C(C)(C)C)C2. The molecule has 0 saturated heterocycles. The van der Waals surface area contributed by atoms with Crippen molar-refractivity contribution in [3.63, 3.8) is 0 Å². The molecule has 1 amide bonds.